The molecule has 0 aliphatic heterocycles. The number of halogens is 3. The fourth-order valence-electron chi connectivity index (χ4n) is 1.24. The number of benzene rings is 1. The Hall–Kier alpha value is 0.0700. The van der Waals surface area contributed by atoms with Crippen LogP contribution in [-0.2, 0) is 6.54 Å². The minimum Gasteiger partial charge on any atom is -0.301 e. The molecule has 0 aliphatic carbocycles. The van der Waals surface area contributed by atoms with Crippen molar-refractivity contribution in [2.75, 3.05) is 18.9 Å². The van der Waals surface area contributed by atoms with Gasteiger partial charge in [0.25, 0.3) is 0 Å². The van der Waals surface area contributed by atoms with Gasteiger partial charge in [0.2, 0.25) is 0 Å². The molecule has 1 nitrogen and oxygen atoms in total. The Labute approximate surface area is 101 Å². The number of hydrogen-bond acceptors (Lipinski definition) is 1. The maximum atomic E-state index is 13.0. The summed E-state index contributed by atoms with van der Waals surface area (Å²) in [5.74, 6) is -0.193. The van der Waals surface area contributed by atoms with Gasteiger partial charge >= 0.3 is 0 Å². The molecule has 0 aromatic heterocycles. The molecule has 1 aromatic carbocycles. The van der Waals surface area contributed by atoms with E-state index in [-0.39, 0.29) is 5.82 Å². The quantitative estimate of drug-likeness (QED) is 0.767. The van der Waals surface area contributed by atoms with E-state index in [1.807, 2.05) is 13.1 Å². The molecule has 0 aliphatic rings. The van der Waals surface area contributed by atoms with E-state index in [4.69, 9.17) is 0 Å². The van der Waals surface area contributed by atoms with Crippen molar-refractivity contribution in [1.82, 2.24) is 4.90 Å². The molecule has 0 atom stereocenters. The second-order valence-corrected chi connectivity index (χ2v) is 4.91. The van der Waals surface area contributed by atoms with Gasteiger partial charge in [-0.25, -0.2) is 4.39 Å². The normalized spacial score (nSPS) is 10.9. The maximum absolute atomic E-state index is 13.0. The molecule has 0 saturated heterocycles. The first-order valence-electron chi connectivity index (χ1n) is 4.31. The zero-order valence-electron chi connectivity index (χ0n) is 7.93. The van der Waals surface area contributed by atoms with Crippen LogP contribution in [0.1, 0.15) is 5.56 Å². The van der Waals surface area contributed by atoms with Gasteiger partial charge in [-0.1, -0.05) is 31.9 Å². The summed E-state index contributed by atoms with van der Waals surface area (Å²) in [5, 5.41) is 0.931. The smallest absolute Gasteiger partial charge is 0.124 e. The summed E-state index contributed by atoms with van der Waals surface area (Å²) >= 11 is 6.64. The lowest BCUT2D eigenvalue weighted by Gasteiger charge is -2.15. The van der Waals surface area contributed by atoms with Gasteiger partial charge < -0.3 is 4.90 Å². The monoisotopic (exact) mass is 323 g/mol. The Morgan fingerprint density at radius 1 is 1.36 bits per heavy atom. The average Bonchev–Trinajstić information content (AvgIpc) is 2.01. The van der Waals surface area contributed by atoms with E-state index in [2.05, 4.69) is 36.8 Å². The first-order valence-corrected chi connectivity index (χ1v) is 6.22. The van der Waals surface area contributed by atoms with Crippen LogP contribution in [0.5, 0.6) is 0 Å². The third-order valence-corrected chi connectivity index (χ3v) is 2.65. The van der Waals surface area contributed by atoms with Crippen molar-refractivity contribution in [2.45, 2.75) is 6.54 Å². The van der Waals surface area contributed by atoms with Crippen molar-refractivity contribution in [3.05, 3.63) is 34.1 Å². The minimum atomic E-state index is -0.193. The molecule has 14 heavy (non-hydrogen) atoms. The standard InChI is InChI=1S/C10H12Br2FN/c1-14(3-2-11)7-8-4-9(12)6-10(13)5-8/h4-6H,2-3,7H2,1H3. The van der Waals surface area contributed by atoms with Crippen molar-refractivity contribution < 1.29 is 4.39 Å². The summed E-state index contributed by atoms with van der Waals surface area (Å²) in [6, 6.07) is 4.97. The second kappa shape index (κ2) is 5.83. The molecule has 0 saturated carbocycles. The molecule has 1 aromatic rings. The van der Waals surface area contributed by atoms with Crippen LogP contribution in [0.2, 0.25) is 0 Å². The van der Waals surface area contributed by atoms with Crippen LogP contribution in [0.4, 0.5) is 4.39 Å². The highest BCUT2D eigenvalue weighted by atomic mass is 79.9. The number of rotatable bonds is 4. The number of alkyl halides is 1. The third kappa shape index (κ3) is 4.07. The molecule has 78 valence electrons. The first kappa shape index (κ1) is 12.1. The predicted octanol–water partition coefficient (Wildman–Crippen LogP) is 3.41. The van der Waals surface area contributed by atoms with Crippen LogP contribution in [0.3, 0.4) is 0 Å². The SMILES string of the molecule is CN(CCBr)Cc1cc(F)cc(Br)c1. The Balaban J connectivity index is 2.66. The minimum absolute atomic E-state index is 0.193. The van der Waals surface area contributed by atoms with Gasteiger partial charge in [0.05, 0.1) is 0 Å². The van der Waals surface area contributed by atoms with Gasteiger partial charge in [-0.05, 0) is 30.8 Å². The van der Waals surface area contributed by atoms with Crippen LogP contribution in [-0.4, -0.2) is 23.8 Å². The van der Waals surface area contributed by atoms with Crippen molar-refractivity contribution in [3.63, 3.8) is 0 Å². The summed E-state index contributed by atoms with van der Waals surface area (Å²) in [6.45, 7) is 1.72. The molecule has 0 N–H and O–H groups in total. The van der Waals surface area contributed by atoms with Crippen LogP contribution in [0.25, 0.3) is 0 Å². The largest absolute Gasteiger partial charge is 0.301 e. The molecule has 0 unspecified atom stereocenters. The van der Waals surface area contributed by atoms with E-state index in [9.17, 15) is 4.39 Å². The molecule has 0 amide bonds. The maximum Gasteiger partial charge on any atom is 0.124 e. The lowest BCUT2D eigenvalue weighted by Crippen LogP contribution is -2.19. The topological polar surface area (TPSA) is 3.24 Å². The Morgan fingerprint density at radius 3 is 2.64 bits per heavy atom. The first-order chi connectivity index (χ1) is 6.61. The highest BCUT2D eigenvalue weighted by Crippen LogP contribution is 2.15. The molecule has 0 heterocycles. The molecule has 1 rings (SSSR count). The zero-order valence-corrected chi connectivity index (χ0v) is 11.1. The predicted molar refractivity (Wildman–Crippen MR) is 64.2 cm³/mol. The molecule has 4 heteroatoms. The lowest BCUT2D eigenvalue weighted by molar-refractivity contribution is 0.349. The molecule has 0 radical (unpaired) electrons. The van der Waals surface area contributed by atoms with E-state index in [0.29, 0.717) is 0 Å². The van der Waals surface area contributed by atoms with E-state index in [1.165, 1.54) is 6.07 Å². The molecular formula is C10H12Br2FN. The van der Waals surface area contributed by atoms with Crippen molar-refractivity contribution in [3.8, 4) is 0 Å². The van der Waals surface area contributed by atoms with Gasteiger partial charge in [-0.3, -0.25) is 0 Å². The molecule has 0 spiro atoms. The van der Waals surface area contributed by atoms with Crippen molar-refractivity contribution in [1.29, 1.82) is 0 Å². The van der Waals surface area contributed by atoms with Gasteiger partial charge in [0.15, 0.2) is 0 Å². The average molecular weight is 325 g/mol. The van der Waals surface area contributed by atoms with E-state index in [1.54, 1.807) is 6.07 Å². The Morgan fingerprint density at radius 2 is 2.07 bits per heavy atom. The van der Waals surface area contributed by atoms with Crippen LogP contribution in [0, 0.1) is 5.82 Å². The van der Waals surface area contributed by atoms with E-state index < -0.39 is 0 Å². The zero-order chi connectivity index (χ0) is 10.6. The summed E-state index contributed by atoms with van der Waals surface area (Å²) < 4.78 is 13.8. The fourth-order valence-corrected chi connectivity index (χ4v) is 2.36. The Bertz CT molecular complexity index is 284. The van der Waals surface area contributed by atoms with Crippen LogP contribution >= 0.6 is 31.9 Å². The lowest BCUT2D eigenvalue weighted by atomic mass is 10.2. The summed E-state index contributed by atoms with van der Waals surface area (Å²) in [6.07, 6.45) is 0. The van der Waals surface area contributed by atoms with Crippen LogP contribution in [0.15, 0.2) is 22.7 Å². The highest BCUT2D eigenvalue weighted by Gasteiger charge is 2.02. The van der Waals surface area contributed by atoms with Crippen molar-refractivity contribution in [2.24, 2.45) is 0 Å². The molecule has 0 fully saturated rings. The van der Waals surface area contributed by atoms with Gasteiger partial charge in [0.1, 0.15) is 5.82 Å². The summed E-state index contributed by atoms with van der Waals surface area (Å²) in [4.78, 5) is 2.13. The van der Waals surface area contributed by atoms with E-state index >= 15 is 0 Å². The van der Waals surface area contributed by atoms with Crippen molar-refractivity contribution >= 4 is 31.9 Å². The molecule has 0 bridgehead atoms. The van der Waals surface area contributed by atoms with E-state index in [0.717, 1.165) is 28.5 Å². The Kier molecular flexibility index (Phi) is 5.06. The summed E-state index contributed by atoms with van der Waals surface area (Å²) in [5.41, 5.74) is 0.986. The molecular weight excluding hydrogens is 313 g/mol. The third-order valence-electron chi connectivity index (χ3n) is 1.84. The van der Waals surface area contributed by atoms with Gasteiger partial charge in [-0.2, -0.15) is 0 Å². The second-order valence-electron chi connectivity index (χ2n) is 3.20. The van der Waals surface area contributed by atoms with Gasteiger partial charge in [0, 0.05) is 22.9 Å². The van der Waals surface area contributed by atoms with Crippen LogP contribution < -0.4 is 0 Å². The summed E-state index contributed by atoms with van der Waals surface area (Å²) in [7, 11) is 2.01. The van der Waals surface area contributed by atoms with Gasteiger partial charge in [-0.15, -0.1) is 0 Å². The number of nitrogens with zero attached hydrogens (tertiary/aromatic N) is 1. The highest BCUT2D eigenvalue weighted by molar-refractivity contribution is 9.10. The fraction of sp³-hybridized carbons (Fsp3) is 0.400. The number of hydrogen-bond donors (Lipinski definition) is 0.